The number of rotatable bonds is 2. The van der Waals surface area contributed by atoms with E-state index in [1.165, 1.54) is 12.6 Å². The fourth-order valence-electron chi connectivity index (χ4n) is 0.274. The summed E-state index contributed by atoms with van der Waals surface area (Å²) >= 11 is 9.35. The molecule has 7 heavy (non-hydrogen) atoms. The molecule has 0 nitrogen and oxygen atoms in total. The molecule has 0 N–H and O–H groups in total. The summed E-state index contributed by atoms with van der Waals surface area (Å²) in [4.78, 5) is 0. The van der Waals surface area contributed by atoms with Crippen LogP contribution in [0.5, 0.6) is 0 Å². The Balaban J connectivity index is 3.36. The van der Waals surface area contributed by atoms with Crippen LogP contribution in [-0.2, 0) is 0 Å². The van der Waals surface area contributed by atoms with Crippen molar-refractivity contribution in [3.63, 3.8) is 0 Å². The molecular formula is C3H7PSe3-2. The third-order valence-electron chi connectivity index (χ3n) is 0.497. The molecule has 0 bridgehead atoms. The Morgan fingerprint density at radius 3 is 2.00 bits per heavy atom. The van der Waals surface area contributed by atoms with Gasteiger partial charge >= 0.3 is 68.6 Å². The molecule has 4 heteroatoms. The second-order valence-electron chi connectivity index (χ2n) is 1.33. The topological polar surface area (TPSA) is 0 Å². The predicted octanol–water partition coefficient (Wildman–Crippen LogP) is 0.664. The summed E-state index contributed by atoms with van der Waals surface area (Å²) in [6, 6.07) is 0. The van der Waals surface area contributed by atoms with Gasteiger partial charge in [-0.15, -0.1) is 0 Å². The Bertz CT molecular complexity index is 84.2. The summed E-state index contributed by atoms with van der Waals surface area (Å²) in [5.41, 5.74) is 0. The van der Waals surface area contributed by atoms with Gasteiger partial charge in [-0.25, -0.2) is 0 Å². The van der Waals surface area contributed by atoms with Crippen molar-refractivity contribution in [2.45, 2.75) is 13.3 Å². The third kappa shape index (κ3) is 7.99. The fourth-order valence-corrected chi connectivity index (χ4v) is 4.27. The van der Waals surface area contributed by atoms with Crippen LogP contribution in [0.4, 0.5) is 0 Å². The van der Waals surface area contributed by atoms with E-state index in [0.29, 0.717) is 0 Å². The van der Waals surface area contributed by atoms with Crippen molar-refractivity contribution in [3.05, 3.63) is 0 Å². The first-order chi connectivity index (χ1) is 3.06. The molecule has 0 atom stereocenters. The molecule has 0 amide bonds. The van der Waals surface area contributed by atoms with Crippen molar-refractivity contribution in [2.24, 2.45) is 0 Å². The van der Waals surface area contributed by atoms with Crippen LogP contribution in [0.3, 0.4) is 0 Å². The Kier molecular flexibility index (Phi) is 5.02. The van der Waals surface area contributed by atoms with Crippen LogP contribution in [0, 0.1) is 0 Å². The van der Waals surface area contributed by atoms with Crippen molar-refractivity contribution >= 4 is 49.1 Å². The van der Waals surface area contributed by atoms with E-state index in [1.807, 2.05) is 0 Å². The molecule has 0 fully saturated rings. The standard InChI is InChI=1S/C3H9PSe3/c1-2-3-4(5,6)7/h2-3H2,1H3,(H2,5,6,7)/p-2. The first-order valence-electron chi connectivity index (χ1n) is 2.07. The van der Waals surface area contributed by atoms with Gasteiger partial charge in [0.2, 0.25) is 0 Å². The summed E-state index contributed by atoms with van der Waals surface area (Å²) in [5.74, 6) is 0. The number of hydrogen-bond acceptors (Lipinski definition) is 0. The molecule has 0 aliphatic rings. The van der Waals surface area contributed by atoms with Crippen LogP contribution in [0.25, 0.3) is 0 Å². The van der Waals surface area contributed by atoms with Crippen molar-refractivity contribution in [1.82, 2.24) is 0 Å². The van der Waals surface area contributed by atoms with E-state index in [-0.39, 0.29) is 0 Å². The van der Waals surface area contributed by atoms with Gasteiger partial charge in [-0.3, -0.25) is 0 Å². The maximum absolute atomic E-state index is 3.12. The van der Waals surface area contributed by atoms with Gasteiger partial charge in [0.15, 0.2) is 0 Å². The molecule has 0 saturated heterocycles. The summed E-state index contributed by atoms with van der Waals surface area (Å²) < 4.78 is -0.791. The number of hydrogen-bond donors (Lipinski definition) is 0. The molecule has 0 rings (SSSR count). The minimum atomic E-state index is -0.791. The van der Waals surface area contributed by atoms with Gasteiger partial charge < -0.3 is 0 Å². The monoisotopic (exact) mass is 314 g/mol. The minimum absolute atomic E-state index is 0.791. The van der Waals surface area contributed by atoms with E-state index in [1.54, 1.807) is 0 Å². The molecule has 0 aromatic rings. The second-order valence-corrected chi connectivity index (χ2v) is 25.3. The zero-order valence-corrected chi connectivity index (χ0v) is 10.1. The van der Waals surface area contributed by atoms with Crippen molar-refractivity contribution in [3.8, 4) is 0 Å². The van der Waals surface area contributed by atoms with E-state index < -0.39 is 2.89 Å². The summed E-state index contributed by atoms with van der Waals surface area (Å²) in [6.07, 6.45) is 2.55. The van der Waals surface area contributed by atoms with Gasteiger partial charge in [-0.2, -0.15) is 0 Å². The van der Waals surface area contributed by atoms with E-state index in [2.05, 4.69) is 53.2 Å². The summed E-state index contributed by atoms with van der Waals surface area (Å²) in [6.45, 7) is 2.20. The first-order valence-corrected chi connectivity index (χ1v) is 10.7. The van der Waals surface area contributed by atoms with E-state index in [0.717, 1.165) is 0 Å². The van der Waals surface area contributed by atoms with Crippen LogP contribution < -0.4 is 0 Å². The quantitative estimate of drug-likeness (QED) is 0.519. The van der Waals surface area contributed by atoms with Crippen LogP contribution in [-0.4, -0.2) is 52.4 Å². The zero-order valence-electron chi connectivity index (χ0n) is 4.09. The third-order valence-corrected chi connectivity index (χ3v) is 4.94. The molecule has 0 aromatic carbocycles. The van der Waals surface area contributed by atoms with Gasteiger partial charge in [0.05, 0.1) is 0 Å². The first kappa shape index (κ1) is 8.99. The van der Waals surface area contributed by atoms with E-state index in [4.69, 9.17) is 0 Å². The summed E-state index contributed by atoms with van der Waals surface area (Å²) in [7, 11) is 0. The van der Waals surface area contributed by atoms with Crippen LogP contribution >= 0.6 is 2.89 Å². The maximum atomic E-state index is 3.12. The van der Waals surface area contributed by atoms with Crippen LogP contribution in [0.1, 0.15) is 13.3 Å². The summed E-state index contributed by atoms with van der Waals surface area (Å²) in [5, 5.41) is 0. The molecule has 0 spiro atoms. The molecule has 0 radical (unpaired) electrons. The van der Waals surface area contributed by atoms with Crippen molar-refractivity contribution in [1.29, 1.82) is 0 Å². The molecule has 0 heterocycles. The molecule has 0 aliphatic carbocycles. The van der Waals surface area contributed by atoms with Crippen LogP contribution in [0.2, 0.25) is 0 Å². The molecular weight excluding hydrogens is 304 g/mol. The van der Waals surface area contributed by atoms with Gasteiger partial charge in [0, 0.05) is 0 Å². The normalized spacial score (nSPS) is 11.9. The molecule has 0 aromatic heterocycles. The Hall–Kier alpha value is 1.99. The van der Waals surface area contributed by atoms with Crippen molar-refractivity contribution in [2.75, 3.05) is 6.16 Å². The predicted molar refractivity (Wildman–Crippen MR) is 39.3 cm³/mol. The Morgan fingerprint density at radius 1 is 1.57 bits per heavy atom. The van der Waals surface area contributed by atoms with E-state index >= 15 is 0 Å². The average molecular weight is 311 g/mol. The molecule has 44 valence electrons. The van der Waals surface area contributed by atoms with Crippen molar-refractivity contribution < 1.29 is 0 Å². The molecule has 0 aliphatic heterocycles. The van der Waals surface area contributed by atoms with E-state index in [9.17, 15) is 0 Å². The van der Waals surface area contributed by atoms with Crippen LogP contribution in [0.15, 0.2) is 0 Å². The molecule has 0 saturated carbocycles. The van der Waals surface area contributed by atoms with Gasteiger partial charge in [-0.05, 0) is 0 Å². The van der Waals surface area contributed by atoms with Gasteiger partial charge in [-0.1, -0.05) is 0 Å². The zero-order chi connectivity index (χ0) is 5.91. The fraction of sp³-hybridized carbons (Fsp3) is 1.00. The second kappa shape index (κ2) is 3.91. The Labute approximate surface area is 68.3 Å². The molecule has 0 unspecified atom stereocenters. The van der Waals surface area contributed by atoms with Gasteiger partial charge in [0.1, 0.15) is 0 Å². The SMILES string of the molecule is CCCP(=[Se])([Se-])[Se-]. The average Bonchev–Trinajstić information content (AvgIpc) is 1.30. The Morgan fingerprint density at radius 2 is 2.00 bits per heavy atom. The van der Waals surface area contributed by atoms with Gasteiger partial charge in [0.25, 0.3) is 0 Å².